The van der Waals surface area contributed by atoms with Gasteiger partial charge in [-0.05, 0) is 17.7 Å². The number of aromatic nitrogens is 1. The Labute approximate surface area is 154 Å². The molecule has 1 saturated heterocycles. The first-order valence-corrected chi connectivity index (χ1v) is 8.52. The van der Waals surface area contributed by atoms with Crippen LogP contribution in [0.3, 0.4) is 0 Å². The predicted octanol–water partition coefficient (Wildman–Crippen LogP) is 2.62. The average Bonchev–Trinajstić information content (AvgIpc) is 3.26. The van der Waals surface area contributed by atoms with Crippen molar-refractivity contribution in [3.63, 3.8) is 0 Å². The smallest absolute Gasteiger partial charge is 0.417 e. The summed E-state index contributed by atoms with van der Waals surface area (Å²) < 4.78 is 4.76. The van der Waals surface area contributed by atoms with Gasteiger partial charge in [0, 0.05) is 10.9 Å². The number of nitrogens with zero attached hydrogens (tertiary/aromatic N) is 1. The van der Waals surface area contributed by atoms with Crippen LogP contribution in [0, 0.1) is 0 Å². The number of amides is 3. The van der Waals surface area contributed by atoms with Gasteiger partial charge in [-0.25, -0.2) is 9.69 Å². The molecule has 0 saturated carbocycles. The zero-order valence-corrected chi connectivity index (χ0v) is 14.3. The first-order chi connectivity index (χ1) is 13.1. The van der Waals surface area contributed by atoms with Crippen molar-refractivity contribution < 1.29 is 19.1 Å². The number of aromatic amines is 1. The monoisotopic (exact) mass is 363 g/mol. The van der Waals surface area contributed by atoms with Gasteiger partial charge in [0.2, 0.25) is 0 Å². The summed E-state index contributed by atoms with van der Waals surface area (Å²) in [6.45, 7) is -0.260. The lowest BCUT2D eigenvalue weighted by Crippen LogP contribution is -2.40. The van der Waals surface area contributed by atoms with Gasteiger partial charge < -0.3 is 15.0 Å². The highest BCUT2D eigenvalue weighted by atomic mass is 16.6. The normalized spacial score (nSPS) is 15.0. The van der Waals surface area contributed by atoms with Crippen molar-refractivity contribution in [1.82, 2.24) is 15.2 Å². The number of rotatable bonds is 5. The van der Waals surface area contributed by atoms with Gasteiger partial charge in [0.1, 0.15) is 5.69 Å². The summed E-state index contributed by atoms with van der Waals surface area (Å²) in [6.07, 6.45) is -0.694. The zero-order chi connectivity index (χ0) is 18.8. The molecule has 3 amide bonds. The summed E-state index contributed by atoms with van der Waals surface area (Å²) in [6, 6.07) is 18.0. The molecular weight excluding hydrogens is 346 g/mol. The Hall–Kier alpha value is -3.61. The molecule has 0 aliphatic carbocycles. The van der Waals surface area contributed by atoms with Crippen molar-refractivity contribution in [1.29, 1.82) is 0 Å². The Morgan fingerprint density at radius 1 is 1.11 bits per heavy atom. The minimum absolute atomic E-state index is 0.00759. The summed E-state index contributed by atoms with van der Waals surface area (Å²) in [7, 11) is 0. The average molecular weight is 363 g/mol. The highest BCUT2D eigenvalue weighted by Crippen LogP contribution is 2.19. The molecule has 1 fully saturated rings. The second kappa shape index (κ2) is 6.95. The molecule has 1 atom stereocenters. The SMILES string of the molecule is O=C(NC(CN1C(=O)COC1=O)c1ccccc1)c1cc2ccccc2[nH]1. The van der Waals surface area contributed by atoms with E-state index in [2.05, 4.69) is 10.3 Å². The molecule has 1 unspecified atom stereocenters. The van der Waals surface area contributed by atoms with Crippen molar-refractivity contribution in [2.75, 3.05) is 13.2 Å². The molecule has 0 bridgehead atoms. The van der Waals surface area contributed by atoms with Gasteiger partial charge >= 0.3 is 6.09 Å². The quantitative estimate of drug-likeness (QED) is 0.729. The third kappa shape index (κ3) is 3.39. The largest absolute Gasteiger partial charge is 0.439 e. The lowest BCUT2D eigenvalue weighted by Gasteiger charge is -2.22. The second-order valence-electron chi connectivity index (χ2n) is 6.27. The van der Waals surface area contributed by atoms with Crippen LogP contribution in [0.15, 0.2) is 60.7 Å². The standard InChI is InChI=1S/C20H17N3O4/c24-18-12-27-20(26)23(18)11-17(13-6-2-1-3-7-13)22-19(25)16-10-14-8-4-5-9-15(14)21-16/h1-10,17,21H,11-12H2,(H,22,25). The van der Waals surface area contributed by atoms with Gasteiger partial charge in [-0.1, -0.05) is 48.5 Å². The summed E-state index contributed by atoms with van der Waals surface area (Å²) >= 11 is 0. The first kappa shape index (κ1) is 16.8. The van der Waals surface area contributed by atoms with Crippen LogP contribution in [0.4, 0.5) is 4.79 Å². The Balaban J connectivity index is 1.59. The van der Waals surface area contributed by atoms with Crippen LogP contribution in [0.25, 0.3) is 10.9 Å². The van der Waals surface area contributed by atoms with E-state index in [1.54, 1.807) is 6.07 Å². The minimum Gasteiger partial charge on any atom is -0.439 e. The van der Waals surface area contributed by atoms with E-state index in [1.165, 1.54) is 0 Å². The molecule has 0 radical (unpaired) electrons. The fourth-order valence-electron chi connectivity index (χ4n) is 3.09. The molecule has 7 heteroatoms. The van der Waals surface area contributed by atoms with E-state index in [9.17, 15) is 14.4 Å². The van der Waals surface area contributed by atoms with E-state index in [1.807, 2.05) is 54.6 Å². The lowest BCUT2D eigenvalue weighted by atomic mass is 10.1. The van der Waals surface area contributed by atoms with Crippen LogP contribution in [0.1, 0.15) is 22.1 Å². The molecule has 1 aliphatic heterocycles. The Morgan fingerprint density at radius 2 is 1.85 bits per heavy atom. The van der Waals surface area contributed by atoms with Crippen molar-refractivity contribution in [3.05, 3.63) is 71.9 Å². The van der Waals surface area contributed by atoms with Gasteiger partial charge in [-0.3, -0.25) is 9.59 Å². The molecule has 2 N–H and O–H groups in total. The number of fused-ring (bicyclic) bond motifs is 1. The fraction of sp³-hybridized carbons (Fsp3) is 0.150. The van der Waals surface area contributed by atoms with Crippen LogP contribution in [0.2, 0.25) is 0 Å². The summed E-state index contributed by atoms with van der Waals surface area (Å²) in [5, 5.41) is 3.83. The van der Waals surface area contributed by atoms with Crippen LogP contribution >= 0.6 is 0 Å². The van der Waals surface area contributed by atoms with Gasteiger partial charge in [-0.2, -0.15) is 0 Å². The Bertz CT molecular complexity index is 963. The molecule has 136 valence electrons. The molecule has 2 aromatic carbocycles. The maximum Gasteiger partial charge on any atom is 0.417 e. The minimum atomic E-state index is -0.694. The van der Waals surface area contributed by atoms with Crippen molar-refractivity contribution in [3.8, 4) is 0 Å². The zero-order valence-electron chi connectivity index (χ0n) is 14.3. The molecule has 2 heterocycles. The van der Waals surface area contributed by atoms with Crippen LogP contribution < -0.4 is 5.32 Å². The highest BCUT2D eigenvalue weighted by Gasteiger charge is 2.33. The number of hydrogen-bond acceptors (Lipinski definition) is 4. The summed E-state index contributed by atoms with van der Waals surface area (Å²) in [4.78, 5) is 40.5. The third-order valence-electron chi connectivity index (χ3n) is 4.49. The predicted molar refractivity (Wildman–Crippen MR) is 98.0 cm³/mol. The van der Waals surface area contributed by atoms with E-state index in [0.717, 1.165) is 21.4 Å². The number of cyclic esters (lactones) is 1. The topological polar surface area (TPSA) is 91.5 Å². The van der Waals surface area contributed by atoms with E-state index < -0.39 is 18.0 Å². The molecule has 1 aliphatic rings. The Kier molecular flexibility index (Phi) is 4.33. The van der Waals surface area contributed by atoms with Crippen molar-refractivity contribution in [2.24, 2.45) is 0 Å². The Morgan fingerprint density at radius 3 is 2.56 bits per heavy atom. The molecule has 27 heavy (non-hydrogen) atoms. The van der Waals surface area contributed by atoms with Gasteiger partial charge in [-0.15, -0.1) is 0 Å². The number of carbonyl (C=O) groups is 3. The molecular formula is C20H17N3O4. The summed E-state index contributed by atoms with van der Waals surface area (Å²) in [5.41, 5.74) is 2.05. The third-order valence-corrected chi connectivity index (χ3v) is 4.49. The van der Waals surface area contributed by atoms with Crippen LogP contribution in [-0.4, -0.2) is 40.9 Å². The van der Waals surface area contributed by atoms with Crippen molar-refractivity contribution in [2.45, 2.75) is 6.04 Å². The van der Waals surface area contributed by atoms with E-state index in [4.69, 9.17) is 4.74 Å². The van der Waals surface area contributed by atoms with Crippen molar-refractivity contribution >= 4 is 28.8 Å². The van der Waals surface area contributed by atoms with Gasteiger partial charge in [0.25, 0.3) is 11.8 Å². The van der Waals surface area contributed by atoms with Gasteiger partial charge in [0.05, 0.1) is 12.6 Å². The highest BCUT2D eigenvalue weighted by molar-refractivity contribution is 5.99. The molecule has 3 aromatic rings. The lowest BCUT2D eigenvalue weighted by molar-refractivity contribution is -0.126. The molecule has 1 aromatic heterocycles. The maximum atomic E-state index is 12.8. The van der Waals surface area contributed by atoms with E-state index in [0.29, 0.717) is 5.69 Å². The molecule has 0 spiro atoms. The number of hydrogen-bond donors (Lipinski definition) is 2. The maximum absolute atomic E-state index is 12.8. The number of imide groups is 1. The van der Waals surface area contributed by atoms with Crippen LogP contribution in [0.5, 0.6) is 0 Å². The summed E-state index contributed by atoms with van der Waals surface area (Å²) in [5.74, 6) is -0.735. The molecule has 7 nitrogen and oxygen atoms in total. The number of nitrogens with one attached hydrogen (secondary N) is 2. The number of carbonyl (C=O) groups excluding carboxylic acids is 3. The number of benzene rings is 2. The number of para-hydroxylation sites is 1. The fourth-order valence-corrected chi connectivity index (χ4v) is 3.09. The van der Waals surface area contributed by atoms with E-state index in [-0.39, 0.29) is 19.1 Å². The van der Waals surface area contributed by atoms with Crippen LogP contribution in [-0.2, 0) is 9.53 Å². The molecule has 4 rings (SSSR count). The van der Waals surface area contributed by atoms with E-state index >= 15 is 0 Å². The van der Waals surface area contributed by atoms with Gasteiger partial charge in [0.15, 0.2) is 6.61 Å². The second-order valence-corrected chi connectivity index (χ2v) is 6.27. The first-order valence-electron chi connectivity index (χ1n) is 8.52. The number of ether oxygens (including phenoxy) is 1. The number of H-pyrrole nitrogens is 1.